The summed E-state index contributed by atoms with van der Waals surface area (Å²) in [5.74, 6) is 0.443. The zero-order valence-corrected chi connectivity index (χ0v) is 19.2. The van der Waals surface area contributed by atoms with Crippen LogP contribution in [0.3, 0.4) is 0 Å². The lowest BCUT2D eigenvalue weighted by atomic mass is 10.0. The van der Waals surface area contributed by atoms with Crippen LogP contribution in [0.4, 0.5) is 0 Å². The SMILES string of the molecule is C=C(C)COc1ccc2c(C)c(CC(=O)NCCc3c[nH]c4ccccc34)c(=O)oc2c1C. The number of amides is 1. The number of hydrogen-bond donors (Lipinski definition) is 2. The molecule has 0 radical (unpaired) electrons. The van der Waals surface area contributed by atoms with E-state index in [0.717, 1.165) is 38.6 Å². The van der Waals surface area contributed by atoms with Crippen molar-refractivity contribution in [2.24, 2.45) is 0 Å². The van der Waals surface area contributed by atoms with Gasteiger partial charge in [0.2, 0.25) is 5.91 Å². The molecule has 170 valence electrons. The molecule has 0 aliphatic heterocycles. The van der Waals surface area contributed by atoms with Crippen molar-refractivity contribution in [2.45, 2.75) is 33.6 Å². The van der Waals surface area contributed by atoms with E-state index >= 15 is 0 Å². The molecule has 0 saturated carbocycles. The molecule has 0 aliphatic rings. The third kappa shape index (κ3) is 4.70. The van der Waals surface area contributed by atoms with E-state index in [1.807, 2.05) is 57.3 Å². The van der Waals surface area contributed by atoms with Gasteiger partial charge < -0.3 is 19.5 Å². The molecule has 2 heterocycles. The topological polar surface area (TPSA) is 84.3 Å². The maximum atomic E-state index is 12.7. The van der Waals surface area contributed by atoms with Crippen molar-refractivity contribution < 1.29 is 13.9 Å². The highest BCUT2D eigenvalue weighted by Gasteiger charge is 2.17. The summed E-state index contributed by atoms with van der Waals surface area (Å²) in [5, 5.41) is 4.88. The van der Waals surface area contributed by atoms with Crippen LogP contribution in [-0.2, 0) is 17.6 Å². The molecule has 4 rings (SSSR count). The Balaban J connectivity index is 1.47. The Morgan fingerprint density at radius 2 is 1.91 bits per heavy atom. The Kier molecular flexibility index (Phi) is 6.36. The lowest BCUT2D eigenvalue weighted by molar-refractivity contribution is -0.120. The summed E-state index contributed by atoms with van der Waals surface area (Å²) in [6, 6.07) is 11.8. The van der Waals surface area contributed by atoms with Crippen LogP contribution in [0.5, 0.6) is 5.75 Å². The molecular formula is C27H28N2O4. The van der Waals surface area contributed by atoms with E-state index in [1.54, 1.807) is 0 Å². The Morgan fingerprint density at radius 1 is 1.12 bits per heavy atom. The maximum absolute atomic E-state index is 12.7. The smallest absolute Gasteiger partial charge is 0.340 e. The molecular weight excluding hydrogens is 416 g/mol. The van der Waals surface area contributed by atoms with Gasteiger partial charge in [0.1, 0.15) is 17.9 Å². The van der Waals surface area contributed by atoms with Crippen molar-refractivity contribution in [1.82, 2.24) is 10.3 Å². The molecule has 0 bridgehead atoms. The van der Waals surface area contributed by atoms with Crippen molar-refractivity contribution in [3.8, 4) is 5.75 Å². The van der Waals surface area contributed by atoms with Crippen LogP contribution >= 0.6 is 0 Å². The molecule has 4 aromatic rings. The minimum Gasteiger partial charge on any atom is -0.489 e. The molecule has 2 N–H and O–H groups in total. The molecule has 1 amide bonds. The summed E-state index contributed by atoms with van der Waals surface area (Å²) >= 11 is 0. The van der Waals surface area contributed by atoms with Gasteiger partial charge in [0.05, 0.1) is 12.0 Å². The van der Waals surface area contributed by atoms with E-state index in [2.05, 4.69) is 22.9 Å². The standard InChI is InChI=1S/C27H28N2O4/c1-16(2)15-32-24-10-9-20-17(3)22(27(31)33-26(20)18(24)4)13-25(30)28-12-11-19-14-29-23-8-6-5-7-21(19)23/h5-10,14,29H,1,11-13,15H2,2-4H3,(H,28,30). The van der Waals surface area contributed by atoms with Crippen LogP contribution in [0.15, 0.2) is 64.0 Å². The number of carbonyl (C=O) groups is 1. The van der Waals surface area contributed by atoms with Crippen molar-refractivity contribution in [3.63, 3.8) is 0 Å². The van der Waals surface area contributed by atoms with Gasteiger partial charge in [-0.1, -0.05) is 24.8 Å². The Bertz CT molecular complexity index is 1410. The first-order valence-corrected chi connectivity index (χ1v) is 11.0. The number of hydrogen-bond acceptors (Lipinski definition) is 4. The van der Waals surface area contributed by atoms with E-state index in [4.69, 9.17) is 9.15 Å². The van der Waals surface area contributed by atoms with Gasteiger partial charge in [-0.25, -0.2) is 4.79 Å². The summed E-state index contributed by atoms with van der Waals surface area (Å²) in [7, 11) is 0. The summed E-state index contributed by atoms with van der Waals surface area (Å²) in [5.41, 5.74) is 5.00. The number of aromatic nitrogens is 1. The third-order valence-electron chi connectivity index (χ3n) is 5.86. The van der Waals surface area contributed by atoms with Gasteiger partial charge in [0.15, 0.2) is 0 Å². The first-order valence-electron chi connectivity index (χ1n) is 11.0. The minimum absolute atomic E-state index is 0.0229. The van der Waals surface area contributed by atoms with Crippen molar-refractivity contribution in [3.05, 3.63) is 87.4 Å². The van der Waals surface area contributed by atoms with Gasteiger partial charge in [0, 0.05) is 34.6 Å². The second kappa shape index (κ2) is 9.36. The highest BCUT2D eigenvalue weighted by molar-refractivity contribution is 5.87. The van der Waals surface area contributed by atoms with Gasteiger partial charge in [-0.3, -0.25) is 4.79 Å². The first kappa shape index (κ1) is 22.4. The van der Waals surface area contributed by atoms with Crippen LogP contribution in [0.2, 0.25) is 0 Å². The van der Waals surface area contributed by atoms with Crippen LogP contribution < -0.4 is 15.7 Å². The Morgan fingerprint density at radius 3 is 2.70 bits per heavy atom. The van der Waals surface area contributed by atoms with Crippen LogP contribution in [0, 0.1) is 13.8 Å². The number of aromatic amines is 1. The Labute approximate surface area is 192 Å². The molecule has 6 heteroatoms. The molecule has 6 nitrogen and oxygen atoms in total. The fraction of sp³-hybridized carbons (Fsp3) is 0.259. The lowest BCUT2D eigenvalue weighted by Gasteiger charge is -2.13. The maximum Gasteiger partial charge on any atom is 0.340 e. The fourth-order valence-corrected chi connectivity index (χ4v) is 4.03. The minimum atomic E-state index is -0.494. The summed E-state index contributed by atoms with van der Waals surface area (Å²) in [6.45, 7) is 10.3. The van der Waals surface area contributed by atoms with E-state index < -0.39 is 5.63 Å². The van der Waals surface area contributed by atoms with Crippen molar-refractivity contribution >= 4 is 27.8 Å². The first-order chi connectivity index (χ1) is 15.8. The number of rotatable bonds is 8. The molecule has 0 unspecified atom stereocenters. The number of para-hydroxylation sites is 1. The highest BCUT2D eigenvalue weighted by atomic mass is 16.5. The second-order valence-corrected chi connectivity index (χ2v) is 8.44. The number of ether oxygens (including phenoxy) is 1. The molecule has 0 spiro atoms. The molecule has 2 aromatic heterocycles. The lowest BCUT2D eigenvalue weighted by Crippen LogP contribution is -2.29. The molecule has 0 atom stereocenters. The van der Waals surface area contributed by atoms with E-state index in [0.29, 0.717) is 36.5 Å². The summed E-state index contributed by atoms with van der Waals surface area (Å²) in [6.07, 6.45) is 2.65. The molecule has 33 heavy (non-hydrogen) atoms. The largest absolute Gasteiger partial charge is 0.489 e. The number of H-pyrrole nitrogens is 1. The number of nitrogens with one attached hydrogen (secondary N) is 2. The predicted molar refractivity (Wildman–Crippen MR) is 131 cm³/mol. The van der Waals surface area contributed by atoms with Gasteiger partial charge in [-0.05, 0) is 62.1 Å². The normalized spacial score (nSPS) is 11.1. The number of aryl methyl sites for hydroxylation is 2. The fourth-order valence-electron chi connectivity index (χ4n) is 4.03. The van der Waals surface area contributed by atoms with Gasteiger partial charge in [0.25, 0.3) is 0 Å². The zero-order valence-electron chi connectivity index (χ0n) is 19.2. The van der Waals surface area contributed by atoms with E-state index in [9.17, 15) is 9.59 Å². The van der Waals surface area contributed by atoms with E-state index in [-0.39, 0.29) is 12.3 Å². The highest BCUT2D eigenvalue weighted by Crippen LogP contribution is 2.29. The van der Waals surface area contributed by atoms with Gasteiger partial charge in [-0.2, -0.15) is 0 Å². The average Bonchev–Trinajstić information content (AvgIpc) is 3.20. The quantitative estimate of drug-likeness (QED) is 0.303. The van der Waals surface area contributed by atoms with Gasteiger partial charge >= 0.3 is 5.63 Å². The van der Waals surface area contributed by atoms with Crippen LogP contribution in [0.25, 0.3) is 21.9 Å². The second-order valence-electron chi connectivity index (χ2n) is 8.44. The van der Waals surface area contributed by atoms with Crippen molar-refractivity contribution in [2.75, 3.05) is 13.2 Å². The predicted octanol–water partition coefficient (Wildman–Crippen LogP) is 4.75. The van der Waals surface area contributed by atoms with E-state index in [1.165, 1.54) is 0 Å². The zero-order chi connectivity index (χ0) is 23.5. The summed E-state index contributed by atoms with van der Waals surface area (Å²) < 4.78 is 11.4. The van der Waals surface area contributed by atoms with Gasteiger partial charge in [-0.15, -0.1) is 0 Å². The van der Waals surface area contributed by atoms with Crippen LogP contribution in [-0.4, -0.2) is 24.0 Å². The summed E-state index contributed by atoms with van der Waals surface area (Å²) in [4.78, 5) is 28.5. The number of fused-ring (bicyclic) bond motifs is 2. The number of carbonyl (C=O) groups excluding carboxylic acids is 1. The number of benzene rings is 2. The third-order valence-corrected chi connectivity index (χ3v) is 5.86. The molecule has 0 saturated heterocycles. The van der Waals surface area contributed by atoms with Crippen LogP contribution in [0.1, 0.15) is 29.2 Å². The average molecular weight is 445 g/mol. The molecule has 2 aromatic carbocycles. The molecule has 0 aliphatic carbocycles. The molecule has 0 fully saturated rings. The van der Waals surface area contributed by atoms with Crippen molar-refractivity contribution in [1.29, 1.82) is 0 Å². The monoisotopic (exact) mass is 444 g/mol. The Hall–Kier alpha value is -3.80.